The number of nitrogens with one attached hydrogen (secondary N) is 1. The van der Waals surface area contributed by atoms with Gasteiger partial charge in [-0.05, 0) is 38.0 Å². The highest BCUT2D eigenvalue weighted by atomic mass is 16.6. The molecule has 2 aromatic rings. The minimum Gasteiger partial charge on any atom is -0.478 e. The number of carbonyl (C=O) groups is 3. The molecule has 1 fully saturated rings. The van der Waals surface area contributed by atoms with Crippen molar-refractivity contribution < 1.29 is 24.4 Å². The van der Waals surface area contributed by atoms with Crippen molar-refractivity contribution in [2.75, 3.05) is 11.4 Å². The highest BCUT2D eigenvalue weighted by Gasteiger charge is 2.31. The van der Waals surface area contributed by atoms with Gasteiger partial charge in [-0.15, -0.1) is 0 Å². The summed E-state index contributed by atoms with van der Waals surface area (Å²) in [6.07, 6.45) is 1.09. The van der Waals surface area contributed by atoms with Gasteiger partial charge >= 0.3 is 5.97 Å². The monoisotopic (exact) mass is 397 g/mol. The Morgan fingerprint density at radius 3 is 2.45 bits per heavy atom. The number of carbonyl (C=O) groups excluding carboxylic acids is 2. The predicted molar refractivity (Wildman–Crippen MR) is 104 cm³/mol. The molecular weight excluding hydrogens is 378 g/mol. The molecule has 1 atom stereocenters. The fraction of sp³-hybridized carbons (Fsp3) is 0.250. The standard InChI is InChI=1S/C20H19N3O6/c1-12-4-6-15(7-5-12)22-8-2-3-17(19(22)25)21-18(24)13-9-14(20(26)27)11-16(10-13)23(28)29/h4-7,9-11,17H,2-3,8H2,1H3,(H,21,24)(H,26,27). The van der Waals surface area contributed by atoms with Crippen molar-refractivity contribution >= 4 is 29.2 Å². The van der Waals surface area contributed by atoms with Gasteiger partial charge in [0.1, 0.15) is 6.04 Å². The van der Waals surface area contributed by atoms with Crippen LogP contribution in [0.4, 0.5) is 11.4 Å². The number of hydrogen-bond acceptors (Lipinski definition) is 5. The van der Waals surface area contributed by atoms with E-state index in [2.05, 4.69) is 5.32 Å². The quantitative estimate of drug-likeness (QED) is 0.589. The van der Waals surface area contributed by atoms with Gasteiger partial charge in [-0.25, -0.2) is 4.79 Å². The summed E-state index contributed by atoms with van der Waals surface area (Å²) in [4.78, 5) is 48.5. The second-order valence-electron chi connectivity index (χ2n) is 6.82. The summed E-state index contributed by atoms with van der Waals surface area (Å²) in [5.41, 5.74) is 0.717. The molecule has 2 aromatic carbocycles. The summed E-state index contributed by atoms with van der Waals surface area (Å²) < 4.78 is 0. The number of hydrogen-bond donors (Lipinski definition) is 2. The van der Waals surface area contributed by atoms with Crippen LogP contribution in [0.3, 0.4) is 0 Å². The summed E-state index contributed by atoms with van der Waals surface area (Å²) in [5, 5.41) is 22.7. The van der Waals surface area contributed by atoms with E-state index < -0.39 is 28.5 Å². The van der Waals surface area contributed by atoms with Crippen molar-refractivity contribution in [3.63, 3.8) is 0 Å². The molecule has 1 heterocycles. The van der Waals surface area contributed by atoms with Crippen molar-refractivity contribution in [2.45, 2.75) is 25.8 Å². The van der Waals surface area contributed by atoms with Crippen LogP contribution < -0.4 is 10.2 Å². The third-order valence-corrected chi connectivity index (χ3v) is 4.73. The van der Waals surface area contributed by atoms with Crippen LogP contribution >= 0.6 is 0 Å². The first-order valence-electron chi connectivity index (χ1n) is 8.98. The molecule has 0 aliphatic carbocycles. The van der Waals surface area contributed by atoms with E-state index >= 15 is 0 Å². The first-order chi connectivity index (χ1) is 13.8. The number of anilines is 1. The molecule has 1 unspecified atom stereocenters. The summed E-state index contributed by atoms with van der Waals surface area (Å²) in [6, 6.07) is 9.56. The number of amides is 2. The van der Waals surface area contributed by atoms with Crippen LogP contribution in [-0.2, 0) is 4.79 Å². The lowest BCUT2D eigenvalue weighted by Crippen LogP contribution is -2.52. The van der Waals surface area contributed by atoms with E-state index in [0.717, 1.165) is 29.4 Å². The number of benzene rings is 2. The van der Waals surface area contributed by atoms with E-state index in [1.54, 1.807) is 4.90 Å². The average Bonchev–Trinajstić information content (AvgIpc) is 2.70. The van der Waals surface area contributed by atoms with Gasteiger partial charge in [0.15, 0.2) is 0 Å². The minimum atomic E-state index is -1.39. The minimum absolute atomic E-state index is 0.183. The molecule has 0 saturated carbocycles. The van der Waals surface area contributed by atoms with Crippen molar-refractivity contribution in [2.24, 2.45) is 0 Å². The van der Waals surface area contributed by atoms with Crippen LogP contribution in [0.1, 0.15) is 39.1 Å². The van der Waals surface area contributed by atoms with E-state index in [-0.39, 0.29) is 17.0 Å². The molecule has 0 radical (unpaired) electrons. The molecule has 9 nitrogen and oxygen atoms in total. The topological polar surface area (TPSA) is 130 Å². The lowest BCUT2D eigenvalue weighted by molar-refractivity contribution is -0.384. The molecule has 1 aliphatic rings. The second-order valence-corrected chi connectivity index (χ2v) is 6.82. The highest BCUT2D eigenvalue weighted by Crippen LogP contribution is 2.23. The molecular formula is C20H19N3O6. The Morgan fingerprint density at radius 1 is 1.17 bits per heavy atom. The third-order valence-electron chi connectivity index (χ3n) is 4.73. The molecule has 0 bridgehead atoms. The zero-order chi connectivity index (χ0) is 21.1. The second kappa shape index (κ2) is 8.09. The van der Waals surface area contributed by atoms with Crippen LogP contribution in [0.2, 0.25) is 0 Å². The molecule has 1 aliphatic heterocycles. The van der Waals surface area contributed by atoms with Gasteiger partial charge in [0.25, 0.3) is 11.6 Å². The van der Waals surface area contributed by atoms with Gasteiger partial charge in [-0.1, -0.05) is 17.7 Å². The number of non-ortho nitro benzene ring substituents is 1. The van der Waals surface area contributed by atoms with E-state index in [9.17, 15) is 24.5 Å². The SMILES string of the molecule is Cc1ccc(N2CCCC(NC(=O)c3cc(C(=O)O)cc([N+](=O)[O-])c3)C2=O)cc1. The van der Waals surface area contributed by atoms with Crippen molar-refractivity contribution in [3.05, 3.63) is 69.3 Å². The number of carboxylic acid groups (broad SMARTS) is 1. The lowest BCUT2D eigenvalue weighted by atomic mass is 10.0. The molecule has 2 amide bonds. The van der Waals surface area contributed by atoms with Gasteiger partial charge < -0.3 is 15.3 Å². The maximum Gasteiger partial charge on any atom is 0.335 e. The molecule has 0 spiro atoms. The fourth-order valence-electron chi connectivity index (χ4n) is 3.20. The van der Waals surface area contributed by atoms with Crippen LogP contribution in [0.5, 0.6) is 0 Å². The number of nitro groups is 1. The number of rotatable bonds is 5. The maximum absolute atomic E-state index is 12.8. The molecule has 29 heavy (non-hydrogen) atoms. The lowest BCUT2D eigenvalue weighted by Gasteiger charge is -2.32. The van der Waals surface area contributed by atoms with Crippen LogP contribution in [-0.4, -0.2) is 40.4 Å². The zero-order valence-electron chi connectivity index (χ0n) is 15.6. The van der Waals surface area contributed by atoms with Gasteiger partial charge in [-0.3, -0.25) is 19.7 Å². The number of aryl methyl sites for hydroxylation is 1. The van der Waals surface area contributed by atoms with E-state index in [1.807, 2.05) is 31.2 Å². The van der Waals surface area contributed by atoms with Crippen LogP contribution in [0.25, 0.3) is 0 Å². The van der Waals surface area contributed by atoms with Gasteiger partial charge in [-0.2, -0.15) is 0 Å². The smallest absolute Gasteiger partial charge is 0.335 e. The van der Waals surface area contributed by atoms with Gasteiger partial charge in [0, 0.05) is 29.9 Å². The summed E-state index contributed by atoms with van der Waals surface area (Å²) in [5.74, 6) is -2.40. The Labute approximate surface area is 166 Å². The normalized spacial score (nSPS) is 16.4. The first kappa shape index (κ1) is 20.0. The molecule has 150 valence electrons. The van der Waals surface area contributed by atoms with Gasteiger partial charge in [0.05, 0.1) is 10.5 Å². The fourth-order valence-corrected chi connectivity index (χ4v) is 3.20. The molecule has 3 rings (SSSR count). The van der Waals surface area contributed by atoms with E-state index in [4.69, 9.17) is 5.11 Å². The number of aromatic carboxylic acids is 1. The summed E-state index contributed by atoms with van der Waals surface area (Å²) in [6.45, 7) is 2.46. The Bertz CT molecular complexity index is 954. The summed E-state index contributed by atoms with van der Waals surface area (Å²) in [7, 11) is 0. The van der Waals surface area contributed by atoms with Crippen molar-refractivity contribution in [1.82, 2.24) is 5.32 Å². The van der Waals surface area contributed by atoms with E-state index in [0.29, 0.717) is 19.4 Å². The largest absolute Gasteiger partial charge is 0.478 e. The number of nitrogens with zero attached hydrogens (tertiary/aromatic N) is 2. The molecule has 0 aromatic heterocycles. The van der Waals surface area contributed by atoms with Crippen molar-refractivity contribution in [1.29, 1.82) is 0 Å². The van der Waals surface area contributed by atoms with Crippen LogP contribution in [0.15, 0.2) is 42.5 Å². The Balaban J connectivity index is 1.81. The van der Waals surface area contributed by atoms with E-state index in [1.165, 1.54) is 0 Å². The molecule has 1 saturated heterocycles. The number of nitro benzene ring substituents is 1. The maximum atomic E-state index is 12.8. The molecule has 2 N–H and O–H groups in total. The predicted octanol–water partition coefficient (Wildman–Crippen LogP) is 2.53. The van der Waals surface area contributed by atoms with Gasteiger partial charge in [0.2, 0.25) is 5.91 Å². The number of piperidine rings is 1. The third kappa shape index (κ3) is 4.40. The average molecular weight is 397 g/mol. The zero-order valence-corrected chi connectivity index (χ0v) is 15.6. The number of carboxylic acids is 1. The highest BCUT2D eigenvalue weighted by molar-refractivity contribution is 6.04. The Kier molecular flexibility index (Phi) is 5.58. The first-order valence-corrected chi connectivity index (χ1v) is 8.98. The Morgan fingerprint density at radius 2 is 1.83 bits per heavy atom. The summed E-state index contributed by atoms with van der Waals surface area (Å²) >= 11 is 0. The van der Waals surface area contributed by atoms with Crippen LogP contribution in [0, 0.1) is 17.0 Å². The molecule has 9 heteroatoms. The van der Waals surface area contributed by atoms with Crippen molar-refractivity contribution in [3.8, 4) is 0 Å². The Hall–Kier alpha value is -3.75.